The quantitative estimate of drug-likeness (QED) is 0.851. The van der Waals surface area contributed by atoms with Crippen molar-refractivity contribution in [3.63, 3.8) is 0 Å². The summed E-state index contributed by atoms with van der Waals surface area (Å²) < 4.78 is 5.49. The van der Waals surface area contributed by atoms with Gasteiger partial charge in [0, 0.05) is 17.2 Å². The number of aldehydes is 1. The van der Waals surface area contributed by atoms with E-state index in [0.29, 0.717) is 0 Å². The van der Waals surface area contributed by atoms with Crippen molar-refractivity contribution in [2.45, 2.75) is 25.4 Å². The predicted octanol–water partition coefficient (Wildman–Crippen LogP) is 3.55. The minimum absolute atomic E-state index is 0.170. The fourth-order valence-electron chi connectivity index (χ4n) is 2.95. The lowest BCUT2D eigenvalue weighted by molar-refractivity contribution is -0.108. The van der Waals surface area contributed by atoms with E-state index in [1.807, 2.05) is 36.4 Å². The highest BCUT2D eigenvalue weighted by Crippen LogP contribution is 2.40. The number of nitrogens with one attached hydrogen (secondary N) is 2. The number of carbonyl (C=O) groups is 1. The molecule has 0 saturated carbocycles. The highest BCUT2D eigenvalue weighted by molar-refractivity contribution is 5.90. The molecule has 2 aromatic rings. The van der Waals surface area contributed by atoms with E-state index >= 15 is 0 Å². The van der Waals surface area contributed by atoms with E-state index < -0.39 is 0 Å². The van der Waals surface area contributed by atoms with Crippen molar-refractivity contribution >= 4 is 17.7 Å². The van der Waals surface area contributed by atoms with Gasteiger partial charge in [0.2, 0.25) is 0 Å². The van der Waals surface area contributed by atoms with Crippen LogP contribution in [-0.4, -0.2) is 25.5 Å². The Balaban J connectivity index is 2.13. The molecule has 0 saturated heterocycles. The van der Waals surface area contributed by atoms with Gasteiger partial charge in [0.1, 0.15) is 12.0 Å². The number of rotatable bonds is 3. The van der Waals surface area contributed by atoms with Crippen molar-refractivity contribution < 1.29 is 9.53 Å². The Kier molecular flexibility index (Phi) is 4.00. The lowest BCUT2D eigenvalue weighted by Gasteiger charge is -2.18. The van der Waals surface area contributed by atoms with Crippen molar-refractivity contribution in [2.24, 2.45) is 0 Å². The first kappa shape index (κ1) is 14.4. The molecule has 1 aliphatic rings. The van der Waals surface area contributed by atoms with E-state index in [4.69, 9.17) is 4.74 Å². The molecule has 4 heteroatoms. The van der Waals surface area contributed by atoms with Crippen molar-refractivity contribution in [2.75, 3.05) is 17.7 Å². The normalized spacial score (nSPS) is 20.1. The zero-order valence-electron chi connectivity index (χ0n) is 12.8. The third-order valence-electron chi connectivity index (χ3n) is 3.96. The Bertz CT molecular complexity index is 685. The molecular weight excluding hydrogens is 276 g/mol. The number of para-hydroxylation sites is 2. The summed E-state index contributed by atoms with van der Waals surface area (Å²) in [6.45, 7) is 2.09. The van der Waals surface area contributed by atoms with Crippen LogP contribution in [0.5, 0.6) is 5.75 Å². The van der Waals surface area contributed by atoms with Crippen LogP contribution in [0.4, 0.5) is 11.4 Å². The molecule has 22 heavy (non-hydrogen) atoms. The van der Waals surface area contributed by atoms with Crippen LogP contribution in [0.25, 0.3) is 11.1 Å². The molecule has 4 nitrogen and oxygen atoms in total. The number of ether oxygens (including phenoxy) is 1. The number of methoxy groups -OCH3 is 1. The van der Waals surface area contributed by atoms with Crippen molar-refractivity contribution in [1.29, 1.82) is 0 Å². The molecule has 114 valence electrons. The highest BCUT2D eigenvalue weighted by Gasteiger charge is 2.22. The smallest absolute Gasteiger partial charge is 0.142 e. The minimum Gasteiger partial charge on any atom is -0.496 e. The third-order valence-corrected chi connectivity index (χ3v) is 3.96. The third kappa shape index (κ3) is 2.64. The lowest BCUT2D eigenvalue weighted by Crippen LogP contribution is -2.25. The standard InChI is InChI=1S/C18H20N2O2/c1-12-10-13(11-21)20-16-8-5-7-15(18(16)19-12)14-6-3-4-9-17(14)22-2/h3-9,11-13,19-20H,10H2,1-2H3/t12-,13?/m1/s1. The van der Waals surface area contributed by atoms with Crippen LogP contribution < -0.4 is 15.4 Å². The van der Waals surface area contributed by atoms with Gasteiger partial charge in [0.05, 0.1) is 24.5 Å². The van der Waals surface area contributed by atoms with Gasteiger partial charge >= 0.3 is 0 Å². The number of fused-ring (bicyclic) bond motifs is 1. The van der Waals surface area contributed by atoms with Gasteiger partial charge in [0.15, 0.2) is 0 Å². The molecular formula is C18H20N2O2. The molecule has 2 aromatic carbocycles. The summed E-state index contributed by atoms with van der Waals surface area (Å²) in [5, 5.41) is 6.84. The molecule has 0 fully saturated rings. The summed E-state index contributed by atoms with van der Waals surface area (Å²) in [5.41, 5.74) is 4.07. The number of hydrogen-bond acceptors (Lipinski definition) is 4. The molecule has 0 aromatic heterocycles. The summed E-state index contributed by atoms with van der Waals surface area (Å²) in [6.07, 6.45) is 1.73. The Morgan fingerprint density at radius 3 is 2.64 bits per heavy atom. The molecule has 2 atom stereocenters. The molecule has 0 bridgehead atoms. The van der Waals surface area contributed by atoms with Gasteiger partial charge in [-0.05, 0) is 25.5 Å². The van der Waals surface area contributed by atoms with Crippen LogP contribution in [0.15, 0.2) is 42.5 Å². The molecule has 0 amide bonds. The fraction of sp³-hybridized carbons (Fsp3) is 0.278. The van der Waals surface area contributed by atoms with Crippen LogP contribution >= 0.6 is 0 Å². The first-order valence-electron chi connectivity index (χ1n) is 7.47. The van der Waals surface area contributed by atoms with Crippen LogP contribution in [-0.2, 0) is 4.79 Å². The Hall–Kier alpha value is -2.49. The molecule has 0 spiro atoms. The highest BCUT2D eigenvalue weighted by atomic mass is 16.5. The molecule has 0 radical (unpaired) electrons. The van der Waals surface area contributed by atoms with E-state index in [1.165, 1.54) is 0 Å². The Labute approximate surface area is 130 Å². The second kappa shape index (κ2) is 6.10. The monoisotopic (exact) mass is 296 g/mol. The first-order chi connectivity index (χ1) is 10.7. The molecule has 1 unspecified atom stereocenters. The second-order valence-corrected chi connectivity index (χ2v) is 5.60. The SMILES string of the molecule is COc1ccccc1-c1cccc2c1N[C@H](C)CC(C=O)N2. The van der Waals surface area contributed by atoms with Gasteiger partial charge in [0.25, 0.3) is 0 Å². The Morgan fingerprint density at radius 2 is 1.86 bits per heavy atom. The summed E-state index contributed by atoms with van der Waals surface area (Å²) in [7, 11) is 1.68. The topological polar surface area (TPSA) is 50.4 Å². The van der Waals surface area contributed by atoms with Crippen LogP contribution in [0.1, 0.15) is 13.3 Å². The van der Waals surface area contributed by atoms with E-state index in [2.05, 4.69) is 23.6 Å². The van der Waals surface area contributed by atoms with Crippen LogP contribution in [0.2, 0.25) is 0 Å². The molecule has 3 rings (SSSR count). The number of anilines is 2. The number of hydrogen-bond donors (Lipinski definition) is 2. The minimum atomic E-state index is -0.170. The zero-order valence-corrected chi connectivity index (χ0v) is 12.8. The number of benzene rings is 2. The molecule has 1 heterocycles. The van der Waals surface area contributed by atoms with Crippen molar-refractivity contribution in [3.05, 3.63) is 42.5 Å². The predicted molar refractivity (Wildman–Crippen MR) is 89.6 cm³/mol. The van der Waals surface area contributed by atoms with Crippen molar-refractivity contribution in [3.8, 4) is 16.9 Å². The van der Waals surface area contributed by atoms with Gasteiger partial charge < -0.3 is 20.2 Å². The maximum Gasteiger partial charge on any atom is 0.142 e. The number of carbonyl (C=O) groups excluding carboxylic acids is 1. The van der Waals surface area contributed by atoms with E-state index in [0.717, 1.165) is 41.0 Å². The zero-order chi connectivity index (χ0) is 15.5. The fourth-order valence-corrected chi connectivity index (χ4v) is 2.95. The molecule has 1 aliphatic heterocycles. The van der Waals surface area contributed by atoms with Gasteiger partial charge in [-0.25, -0.2) is 0 Å². The maximum absolute atomic E-state index is 11.2. The summed E-state index contributed by atoms with van der Waals surface area (Å²) in [6, 6.07) is 14.1. The summed E-state index contributed by atoms with van der Waals surface area (Å²) in [4.78, 5) is 11.2. The maximum atomic E-state index is 11.2. The summed E-state index contributed by atoms with van der Waals surface area (Å²) >= 11 is 0. The van der Waals surface area contributed by atoms with Gasteiger partial charge in [-0.1, -0.05) is 30.3 Å². The second-order valence-electron chi connectivity index (χ2n) is 5.60. The molecule has 2 N–H and O–H groups in total. The molecule has 0 aliphatic carbocycles. The van der Waals surface area contributed by atoms with Gasteiger partial charge in [-0.2, -0.15) is 0 Å². The average Bonchev–Trinajstić information content (AvgIpc) is 2.72. The van der Waals surface area contributed by atoms with Crippen LogP contribution in [0, 0.1) is 0 Å². The van der Waals surface area contributed by atoms with E-state index in [1.54, 1.807) is 7.11 Å². The van der Waals surface area contributed by atoms with Gasteiger partial charge in [-0.3, -0.25) is 0 Å². The van der Waals surface area contributed by atoms with Crippen molar-refractivity contribution in [1.82, 2.24) is 0 Å². The van der Waals surface area contributed by atoms with Gasteiger partial charge in [-0.15, -0.1) is 0 Å². The Morgan fingerprint density at radius 1 is 1.09 bits per heavy atom. The van der Waals surface area contributed by atoms with E-state index in [-0.39, 0.29) is 12.1 Å². The summed E-state index contributed by atoms with van der Waals surface area (Å²) in [5.74, 6) is 0.835. The lowest BCUT2D eigenvalue weighted by atomic mass is 10.0. The largest absolute Gasteiger partial charge is 0.496 e. The van der Waals surface area contributed by atoms with Crippen LogP contribution in [0.3, 0.4) is 0 Å². The van der Waals surface area contributed by atoms with E-state index in [9.17, 15) is 4.79 Å². The first-order valence-corrected chi connectivity index (χ1v) is 7.47. The average molecular weight is 296 g/mol.